The molecule has 0 aliphatic heterocycles. The Kier molecular flexibility index (Phi) is 4.87. The molecule has 0 unspecified atom stereocenters. The molecule has 0 spiro atoms. The Balaban J connectivity index is 1.92. The van der Waals surface area contributed by atoms with Crippen molar-refractivity contribution in [2.24, 2.45) is 0 Å². The van der Waals surface area contributed by atoms with Gasteiger partial charge in [-0.15, -0.1) is 16.4 Å². The van der Waals surface area contributed by atoms with Crippen LogP contribution in [0.5, 0.6) is 0 Å². The summed E-state index contributed by atoms with van der Waals surface area (Å²) in [5.74, 6) is 5.41. The molecule has 104 valence electrons. The van der Waals surface area contributed by atoms with Crippen LogP contribution in [0.2, 0.25) is 0 Å². The average molecular weight is 290 g/mol. The van der Waals surface area contributed by atoms with Crippen molar-refractivity contribution in [2.45, 2.75) is 13.1 Å². The molecule has 0 aliphatic rings. The lowest BCUT2D eigenvalue weighted by Gasteiger charge is -2.16. The number of aromatic nitrogens is 3. The zero-order valence-corrected chi connectivity index (χ0v) is 11.8. The van der Waals surface area contributed by atoms with E-state index in [0.717, 1.165) is 10.4 Å². The Morgan fingerprint density at radius 1 is 1.60 bits per heavy atom. The Bertz CT molecular complexity index is 624. The van der Waals surface area contributed by atoms with E-state index in [1.165, 1.54) is 22.2 Å². The lowest BCUT2D eigenvalue weighted by molar-refractivity contribution is -0.131. The first-order valence-corrected chi connectivity index (χ1v) is 6.82. The number of likely N-dealkylation sites (N-methyl/N-ethyl adjacent to an activating group) is 1. The van der Waals surface area contributed by atoms with Crippen molar-refractivity contribution in [2.75, 3.05) is 13.7 Å². The van der Waals surface area contributed by atoms with Crippen molar-refractivity contribution in [1.29, 1.82) is 0 Å². The van der Waals surface area contributed by atoms with E-state index in [0.29, 0.717) is 6.54 Å². The second-order valence-corrected chi connectivity index (χ2v) is 5.04. The fourth-order valence-corrected chi connectivity index (χ4v) is 2.36. The number of carbonyl (C=O) groups is 1. The van der Waals surface area contributed by atoms with Gasteiger partial charge in [0.15, 0.2) is 0 Å². The third-order valence-electron chi connectivity index (χ3n) is 2.56. The molecule has 2 aromatic heterocycles. The Morgan fingerprint density at radius 3 is 3.15 bits per heavy atom. The monoisotopic (exact) mass is 290 g/mol. The molecule has 2 heterocycles. The fourth-order valence-electron chi connectivity index (χ4n) is 1.59. The Hall–Kier alpha value is -2.17. The van der Waals surface area contributed by atoms with Gasteiger partial charge >= 0.3 is 0 Å². The minimum absolute atomic E-state index is 0.0373. The summed E-state index contributed by atoms with van der Waals surface area (Å²) >= 11 is 1.50. The third-order valence-corrected chi connectivity index (χ3v) is 3.45. The van der Waals surface area contributed by atoms with E-state index in [2.05, 4.69) is 22.2 Å². The van der Waals surface area contributed by atoms with E-state index in [1.807, 2.05) is 11.4 Å². The lowest BCUT2D eigenvalue weighted by atomic mass is 10.3. The van der Waals surface area contributed by atoms with E-state index in [1.54, 1.807) is 18.1 Å². The van der Waals surface area contributed by atoms with Crippen LogP contribution in [0.3, 0.4) is 0 Å². The molecule has 1 N–H and O–H groups in total. The summed E-state index contributed by atoms with van der Waals surface area (Å²) < 4.78 is 1.49. The highest BCUT2D eigenvalue weighted by atomic mass is 32.1. The van der Waals surface area contributed by atoms with Crippen LogP contribution in [0.25, 0.3) is 0 Å². The average Bonchev–Trinajstić information content (AvgIpc) is 3.08. The van der Waals surface area contributed by atoms with Crippen LogP contribution < -0.4 is 0 Å². The number of hydrogen-bond acceptors (Lipinski definition) is 5. The van der Waals surface area contributed by atoms with Crippen molar-refractivity contribution >= 4 is 17.2 Å². The van der Waals surface area contributed by atoms with Gasteiger partial charge in [0.2, 0.25) is 5.91 Å². The maximum Gasteiger partial charge on any atom is 0.244 e. The first-order valence-electron chi connectivity index (χ1n) is 5.94. The van der Waals surface area contributed by atoms with Gasteiger partial charge in [-0.1, -0.05) is 17.1 Å². The van der Waals surface area contributed by atoms with E-state index in [9.17, 15) is 4.79 Å². The maximum atomic E-state index is 12.0. The summed E-state index contributed by atoms with van der Waals surface area (Å²) in [6, 6.07) is 1.92. The molecule has 0 fully saturated rings. The Morgan fingerprint density at radius 2 is 2.45 bits per heavy atom. The summed E-state index contributed by atoms with van der Waals surface area (Å²) in [6.45, 7) is 0.548. The van der Waals surface area contributed by atoms with Crippen LogP contribution >= 0.6 is 11.3 Å². The van der Waals surface area contributed by atoms with Crippen molar-refractivity contribution in [3.05, 3.63) is 34.3 Å². The van der Waals surface area contributed by atoms with Crippen LogP contribution in [-0.4, -0.2) is 44.6 Å². The number of thiophene rings is 1. The first-order chi connectivity index (χ1) is 9.69. The van der Waals surface area contributed by atoms with Crippen LogP contribution in [0, 0.1) is 11.8 Å². The summed E-state index contributed by atoms with van der Waals surface area (Å²) in [4.78, 5) is 14.5. The van der Waals surface area contributed by atoms with Crippen molar-refractivity contribution in [1.82, 2.24) is 19.9 Å². The van der Waals surface area contributed by atoms with Gasteiger partial charge in [-0.3, -0.25) is 4.79 Å². The molecule has 1 amide bonds. The van der Waals surface area contributed by atoms with E-state index in [4.69, 9.17) is 5.11 Å². The van der Waals surface area contributed by atoms with Gasteiger partial charge in [0, 0.05) is 19.8 Å². The van der Waals surface area contributed by atoms with E-state index < -0.39 is 0 Å². The number of amides is 1. The number of aliphatic hydroxyl groups is 1. The molecule has 0 radical (unpaired) electrons. The largest absolute Gasteiger partial charge is 0.384 e. The lowest BCUT2D eigenvalue weighted by Crippen LogP contribution is -2.29. The summed E-state index contributed by atoms with van der Waals surface area (Å²) in [5, 5.41) is 18.0. The van der Waals surface area contributed by atoms with Crippen LogP contribution in [0.4, 0.5) is 0 Å². The van der Waals surface area contributed by atoms with Gasteiger partial charge < -0.3 is 10.0 Å². The number of rotatable bonds is 4. The van der Waals surface area contributed by atoms with Crippen LogP contribution in [0.1, 0.15) is 10.4 Å². The smallest absolute Gasteiger partial charge is 0.244 e. The molecule has 7 heteroatoms. The van der Waals surface area contributed by atoms with Gasteiger partial charge in [-0.25, -0.2) is 4.68 Å². The molecule has 0 aliphatic carbocycles. The quantitative estimate of drug-likeness (QED) is 0.824. The molecule has 0 bridgehead atoms. The molecule has 2 rings (SSSR count). The predicted octanol–water partition coefficient (Wildman–Crippen LogP) is 0.342. The maximum absolute atomic E-state index is 12.0. The topological polar surface area (TPSA) is 71.2 Å². The summed E-state index contributed by atoms with van der Waals surface area (Å²) in [5.41, 5.74) is 1.02. The zero-order valence-electron chi connectivity index (χ0n) is 11.0. The highest BCUT2D eigenvalue weighted by Gasteiger charge is 2.11. The summed E-state index contributed by atoms with van der Waals surface area (Å²) in [6.07, 6.45) is 3.19. The first kappa shape index (κ1) is 14.2. The highest BCUT2D eigenvalue weighted by molar-refractivity contribution is 7.10. The van der Waals surface area contributed by atoms with Crippen molar-refractivity contribution in [3.63, 3.8) is 0 Å². The fraction of sp³-hybridized carbons (Fsp3) is 0.308. The van der Waals surface area contributed by atoms with Crippen LogP contribution in [-0.2, 0) is 17.9 Å². The standard InChI is InChI=1S/C13H14N4O2S/c1-16(13(19)9-17-5-4-14-15-17)8-11-7-12(20-10-11)3-2-6-18/h4-5,7,10,18H,6,8-9H2,1H3. The zero-order chi connectivity index (χ0) is 14.4. The highest BCUT2D eigenvalue weighted by Crippen LogP contribution is 2.15. The van der Waals surface area contributed by atoms with Gasteiger partial charge in [0.25, 0.3) is 0 Å². The second kappa shape index (κ2) is 6.84. The SMILES string of the molecule is CN(Cc1csc(C#CCO)c1)C(=O)Cn1ccnn1. The Labute approximate surface area is 120 Å². The molecule has 2 aromatic rings. The van der Waals surface area contributed by atoms with Gasteiger partial charge in [0.05, 0.1) is 11.1 Å². The molecule has 0 aromatic carbocycles. The molecular formula is C13H14N4O2S. The normalized spacial score (nSPS) is 9.90. The molecule has 20 heavy (non-hydrogen) atoms. The van der Waals surface area contributed by atoms with Gasteiger partial charge in [-0.2, -0.15) is 0 Å². The molecule has 6 nitrogen and oxygen atoms in total. The molecule has 0 saturated carbocycles. The van der Waals surface area contributed by atoms with E-state index in [-0.39, 0.29) is 19.1 Å². The van der Waals surface area contributed by atoms with Gasteiger partial charge in [0.1, 0.15) is 13.2 Å². The molecular weight excluding hydrogens is 276 g/mol. The van der Waals surface area contributed by atoms with Crippen molar-refractivity contribution < 1.29 is 9.90 Å². The summed E-state index contributed by atoms with van der Waals surface area (Å²) in [7, 11) is 1.75. The molecule has 0 saturated heterocycles. The molecule has 0 atom stereocenters. The third kappa shape index (κ3) is 3.91. The van der Waals surface area contributed by atoms with Gasteiger partial charge in [-0.05, 0) is 17.0 Å². The van der Waals surface area contributed by atoms with Crippen LogP contribution in [0.15, 0.2) is 23.8 Å². The minimum atomic E-state index is -0.149. The number of carbonyl (C=O) groups excluding carboxylic acids is 1. The second-order valence-electron chi connectivity index (χ2n) is 4.13. The minimum Gasteiger partial charge on any atom is -0.384 e. The number of nitrogens with zero attached hydrogens (tertiary/aromatic N) is 4. The van der Waals surface area contributed by atoms with Crippen molar-refractivity contribution in [3.8, 4) is 11.8 Å². The van der Waals surface area contributed by atoms with E-state index >= 15 is 0 Å². The number of aliphatic hydroxyl groups excluding tert-OH is 1. The predicted molar refractivity (Wildman–Crippen MR) is 74.8 cm³/mol. The number of hydrogen-bond donors (Lipinski definition) is 1.